The lowest BCUT2D eigenvalue weighted by Crippen LogP contribution is -2.40. The summed E-state index contributed by atoms with van der Waals surface area (Å²) in [6.45, 7) is 1.23. The molecular weight excluding hydrogens is 202 g/mol. The maximum Gasteiger partial charge on any atom is 0.326 e. The maximum atomic E-state index is 10.7. The van der Waals surface area contributed by atoms with Crippen molar-refractivity contribution in [3.8, 4) is 0 Å². The van der Waals surface area contributed by atoms with Gasteiger partial charge >= 0.3 is 11.9 Å². The molecule has 6 heteroatoms. The minimum absolute atomic E-state index is 0.129. The van der Waals surface area contributed by atoms with Crippen LogP contribution >= 0.6 is 0 Å². The Morgan fingerprint density at radius 3 is 2.33 bits per heavy atom. The van der Waals surface area contributed by atoms with Crippen molar-refractivity contribution in [2.75, 3.05) is 0 Å². The smallest absolute Gasteiger partial charge is 0.326 e. The molecule has 0 bridgehead atoms. The van der Waals surface area contributed by atoms with Crippen LogP contribution in [0.3, 0.4) is 0 Å². The fraction of sp³-hybridized carbons (Fsp3) is 0.667. The summed E-state index contributed by atoms with van der Waals surface area (Å²) in [5, 5.41) is 19.7. The summed E-state index contributed by atoms with van der Waals surface area (Å²) in [7, 11) is 0. The van der Waals surface area contributed by atoms with E-state index in [1.807, 2.05) is 0 Å². The van der Waals surface area contributed by atoms with E-state index in [0.717, 1.165) is 0 Å². The molecule has 6 nitrogen and oxygen atoms in total. The molecule has 1 aliphatic rings. The van der Waals surface area contributed by atoms with Gasteiger partial charge in [0.05, 0.1) is 5.92 Å². The average molecular weight is 215 g/mol. The third kappa shape index (κ3) is 3.23. The number of carbonyl (C=O) groups is 3. The first-order valence-electron chi connectivity index (χ1n) is 4.64. The summed E-state index contributed by atoms with van der Waals surface area (Å²) in [5.74, 6) is -3.01. The first-order valence-corrected chi connectivity index (χ1v) is 4.64. The number of nitrogens with one attached hydrogen (secondary N) is 1. The summed E-state index contributed by atoms with van der Waals surface area (Å²) >= 11 is 0. The highest BCUT2D eigenvalue weighted by Crippen LogP contribution is 2.42. The Kier molecular flexibility index (Phi) is 3.28. The molecule has 84 valence electrons. The number of hydrogen-bond acceptors (Lipinski definition) is 3. The number of carbonyl (C=O) groups excluding carboxylic acids is 1. The lowest BCUT2D eigenvalue weighted by atomic mass is 10.1. The number of rotatable bonds is 5. The largest absolute Gasteiger partial charge is 0.481 e. The fourth-order valence-electron chi connectivity index (χ4n) is 1.58. The van der Waals surface area contributed by atoms with E-state index in [4.69, 9.17) is 10.2 Å². The monoisotopic (exact) mass is 215 g/mol. The summed E-state index contributed by atoms with van der Waals surface area (Å²) < 4.78 is 0. The minimum atomic E-state index is -1.12. The van der Waals surface area contributed by atoms with Gasteiger partial charge in [0, 0.05) is 6.92 Å². The SMILES string of the molecule is CC(=O)N[C@@H](C[C@@H]1C[C@@H]1C(=O)O)C(=O)O. The van der Waals surface area contributed by atoms with E-state index >= 15 is 0 Å². The molecule has 1 saturated carbocycles. The van der Waals surface area contributed by atoms with E-state index in [9.17, 15) is 14.4 Å². The van der Waals surface area contributed by atoms with E-state index in [0.29, 0.717) is 6.42 Å². The molecule has 1 rings (SSSR count). The Morgan fingerprint density at radius 1 is 1.40 bits per heavy atom. The molecule has 0 aliphatic heterocycles. The second-order valence-electron chi connectivity index (χ2n) is 3.77. The zero-order valence-electron chi connectivity index (χ0n) is 8.27. The first-order chi connectivity index (χ1) is 6.91. The van der Waals surface area contributed by atoms with Crippen molar-refractivity contribution in [1.29, 1.82) is 0 Å². The average Bonchev–Trinajstić information content (AvgIpc) is 2.81. The molecule has 0 heterocycles. The van der Waals surface area contributed by atoms with Crippen molar-refractivity contribution in [2.45, 2.75) is 25.8 Å². The lowest BCUT2D eigenvalue weighted by Gasteiger charge is -2.12. The molecule has 0 aromatic heterocycles. The minimum Gasteiger partial charge on any atom is -0.481 e. The highest BCUT2D eigenvalue weighted by atomic mass is 16.4. The second-order valence-corrected chi connectivity index (χ2v) is 3.77. The molecule has 3 atom stereocenters. The Hall–Kier alpha value is -1.59. The molecule has 0 radical (unpaired) electrons. The van der Waals surface area contributed by atoms with Crippen LogP contribution in [0.25, 0.3) is 0 Å². The molecule has 0 aromatic rings. The van der Waals surface area contributed by atoms with Gasteiger partial charge in [-0.05, 0) is 18.8 Å². The van der Waals surface area contributed by atoms with E-state index in [2.05, 4.69) is 5.32 Å². The predicted octanol–water partition coefficient (Wildman–Crippen LogP) is -0.313. The summed E-state index contributed by atoms with van der Waals surface area (Å²) in [4.78, 5) is 31.9. The van der Waals surface area contributed by atoms with Gasteiger partial charge in [-0.3, -0.25) is 9.59 Å². The van der Waals surface area contributed by atoms with Crippen molar-refractivity contribution in [1.82, 2.24) is 5.32 Å². The molecule has 1 amide bonds. The first kappa shape index (κ1) is 11.5. The molecule has 3 N–H and O–H groups in total. The van der Waals surface area contributed by atoms with Gasteiger partial charge in [0.25, 0.3) is 0 Å². The van der Waals surface area contributed by atoms with Crippen molar-refractivity contribution in [2.24, 2.45) is 11.8 Å². The zero-order valence-corrected chi connectivity index (χ0v) is 8.27. The maximum absolute atomic E-state index is 10.7. The van der Waals surface area contributed by atoms with Crippen LogP contribution < -0.4 is 5.32 Å². The van der Waals surface area contributed by atoms with Gasteiger partial charge in [0.1, 0.15) is 6.04 Å². The van der Waals surface area contributed by atoms with Crippen LogP contribution in [0.4, 0.5) is 0 Å². The molecule has 0 unspecified atom stereocenters. The number of hydrogen-bond donors (Lipinski definition) is 3. The van der Waals surface area contributed by atoms with Crippen molar-refractivity contribution in [3.05, 3.63) is 0 Å². The number of aliphatic carboxylic acids is 2. The summed E-state index contributed by atoms with van der Waals surface area (Å²) in [6.07, 6.45) is 0.685. The molecular formula is C9H13NO5. The van der Waals surface area contributed by atoms with Crippen LogP contribution in [0.1, 0.15) is 19.8 Å². The Morgan fingerprint density at radius 2 is 2.00 bits per heavy atom. The standard InChI is InChI=1S/C9H13NO5/c1-4(11)10-7(9(14)15)3-5-2-6(5)8(12)13/h5-7H,2-3H2,1H3,(H,10,11)(H,12,13)(H,14,15)/t5-,6-,7-/m0/s1. The van der Waals surface area contributed by atoms with Crippen LogP contribution in [-0.4, -0.2) is 34.1 Å². The van der Waals surface area contributed by atoms with Crippen LogP contribution in [0, 0.1) is 11.8 Å². The van der Waals surface area contributed by atoms with E-state index in [1.165, 1.54) is 6.92 Å². The highest BCUT2D eigenvalue weighted by molar-refractivity contribution is 5.82. The quantitative estimate of drug-likeness (QED) is 0.583. The Balaban J connectivity index is 2.43. The third-order valence-corrected chi connectivity index (χ3v) is 2.45. The van der Waals surface area contributed by atoms with Crippen molar-refractivity contribution in [3.63, 3.8) is 0 Å². The number of amides is 1. The zero-order chi connectivity index (χ0) is 11.6. The van der Waals surface area contributed by atoms with Gasteiger partial charge < -0.3 is 15.5 Å². The summed E-state index contributed by atoms with van der Waals surface area (Å²) in [6, 6.07) is -0.975. The fourth-order valence-corrected chi connectivity index (χ4v) is 1.58. The van der Waals surface area contributed by atoms with Gasteiger partial charge in [0.2, 0.25) is 5.91 Å². The lowest BCUT2D eigenvalue weighted by molar-refractivity contribution is -0.142. The van der Waals surface area contributed by atoms with Gasteiger partial charge in [-0.25, -0.2) is 4.79 Å². The van der Waals surface area contributed by atoms with Gasteiger partial charge in [0.15, 0.2) is 0 Å². The number of carboxylic acid groups (broad SMARTS) is 2. The Bertz CT molecular complexity index is 301. The third-order valence-electron chi connectivity index (χ3n) is 2.45. The van der Waals surface area contributed by atoms with E-state index in [1.54, 1.807) is 0 Å². The topological polar surface area (TPSA) is 104 Å². The van der Waals surface area contributed by atoms with Crippen LogP contribution in [0.15, 0.2) is 0 Å². The second kappa shape index (κ2) is 4.29. The summed E-state index contributed by atoms with van der Waals surface area (Å²) in [5.41, 5.74) is 0. The van der Waals surface area contributed by atoms with Gasteiger partial charge in [-0.2, -0.15) is 0 Å². The molecule has 0 aromatic carbocycles. The van der Waals surface area contributed by atoms with Crippen LogP contribution in [0.2, 0.25) is 0 Å². The van der Waals surface area contributed by atoms with Gasteiger partial charge in [-0.1, -0.05) is 0 Å². The highest BCUT2D eigenvalue weighted by Gasteiger charge is 2.45. The van der Waals surface area contributed by atoms with E-state index in [-0.39, 0.29) is 12.3 Å². The normalized spacial score (nSPS) is 25.4. The molecule has 1 fully saturated rings. The molecule has 0 spiro atoms. The predicted molar refractivity (Wildman–Crippen MR) is 49.1 cm³/mol. The van der Waals surface area contributed by atoms with Gasteiger partial charge in [-0.15, -0.1) is 0 Å². The van der Waals surface area contributed by atoms with Crippen molar-refractivity contribution < 1.29 is 24.6 Å². The van der Waals surface area contributed by atoms with E-state index < -0.39 is 29.8 Å². The molecule has 0 saturated heterocycles. The molecule has 1 aliphatic carbocycles. The van der Waals surface area contributed by atoms with Crippen LogP contribution in [-0.2, 0) is 14.4 Å². The number of carboxylic acids is 2. The molecule has 15 heavy (non-hydrogen) atoms. The Labute approximate surface area is 86.3 Å². The van der Waals surface area contributed by atoms with Crippen molar-refractivity contribution >= 4 is 17.8 Å². The van der Waals surface area contributed by atoms with Crippen LogP contribution in [0.5, 0.6) is 0 Å².